The number of rotatable bonds is 4. The quantitative estimate of drug-likeness (QED) is 0.396. The van der Waals surface area contributed by atoms with Crippen molar-refractivity contribution in [2.24, 2.45) is 34.5 Å². The molecule has 7 atom stereocenters. The highest BCUT2D eigenvalue weighted by molar-refractivity contribution is 5.89. The summed E-state index contributed by atoms with van der Waals surface area (Å²) in [6, 6.07) is 9.32. The summed E-state index contributed by atoms with van der Waals surface area (Å²) in [5, 5.41) is 0. The fourth-order valence-corrected chi connectivity index (χ4v) is 8.15. The number of benzene rings is 1. The number of ether oxygens (including phenoxy) is 2. The molecule has 0 saturated heterocycles. The van der Waals surface area contributed by atoms with E-state index in [0.29, 0.717) is 29.9 Å². The summed E-state index contributed by atoms with van der Waals surface area (Å²) < 4.78 is 11.4. The molecule has 1 aromatic rings. The molecule has 4 aliphatic rings. The van der Waals surface area contributed by atoms with Crippen molar-refractivity contribution in [3.8, 4) is 0 Å². The maximum absolute atomic E-state index is 12.7. The first-order valence-corrected chi connectivity index (χ1v) is 13.0. The van der Waals surface area contributed by atoms with Crippen LogP contribution in [0.25, 0.3) is 0 Å². The molecule has 5 rings (SSSR count). The number of hydrogen-bond acceptors (Lipinski definition) is 4. The first kappa shape index (κ1) is 22.7. The average Bonchev–Trinajstić information content (AvgIpc) is 3.17. The Labute approximate surface area is 198 Å². The van der Waals surface area contributed by atoms with Crippen molar-refractivity contribution in [1.29, 1.82) is 0 Å². The van der Waals surface area contributed by atoms with Crippen LogP contribution in [0.15, 0.2) is 42.0 Å². The third-order valence-electron chi connectivity index (χ3n) is 9.91. The van der Waals surface area contributed by atoms with Gasteiger partial charge in [0.1, 0.15) is 6.10 Å². The molecule has 3 unspecified atom stereocenters. The number of allylic oxidation sites excluding steroid dienone is 1. The molecule has 0 radical (unpaired) electrons. The molecule has 3 fully saturated rings. The summed E-state index contributed by atoms with van der Waals surface area (Å²) in [4.78, 5) is 25.3. The van der Waals surface area contributed by atoms with Crippen LogP contribution in [-0.2, 0) is 14.3 Å². The van der Waals surface area contributed by atoms with Gasteiger partial charge in [0.25, 0.3) is 0 Å². The van der Waals surface area contributed by atoms with Gasteiger partial charge in [-0.05, 0) is 92.6 Å². The molecule has 4 aliphatic carbocycles. The summed E-state index contributed by atoms with van der Waals surface area (Å²) in [5.74, 6) is 1.81. The normalized spacial score (nSPS) is 39.5. The van der Waals surface area contributed by atoms with Crippen LogP contribution in [0.4, 0.5) is 0 Å². The lowest BCUT2D eigenvalue weighted by Crippen LogP contribution is -2.51. The monoisotopic (exact) mass is 450 g/mol. The van der Waals surface area contributed by atoms with Gasteiger partial charge in [-0.25, -0.2) is 4.79 Å². The Hall–Kier alpha value is -2.10. The highest BCUT2D eigenvalue weighted by Crippen LogP contribution is 2.66. The number of fused-ring (bicyclic) bond motifs is 5. The molecule has 178 valence electrons. The number of esters is 2. The van der Waals surface area contributed by atoms with Crippen molar-refractivity contribution >= 4 is 11.9 Å². The Morgan fingerprint density at radius 1 is 1.00 bits per heavy atom. The smallest absolute Gasteiger partial charge is 0.338 e. The second-order valence-corrected chi connectivity index (χ2v) is 11.3. The molecular formula is C29H38O4. The molecule has 0 amide bonds. The highest BCUT2D eigenvalue weighted by Gasteiger charge is 2.60. The van der Waals surface area contributed by atoms with Crippen LogP contribution in [-0.4, -0.2) is 24.6 Å². The van der Waals surface area contributed by atoms with Crippen LogP contribution in [0, 0.1) is 34.5 Å². The Bertz CT molecular complexity index is 936. The lowest BCUT2D eigenvalue weighted by Gasteiger charge is -2.57. The number of hydrogen-bond donors (Lipinski definition) is 0. The van der Waals surface area contributed by atoms with Crippen molar-refractivity contribution in [2.45, 2.75) is 78.2 Å². The Balaban J connectivity index is 1.31. The van der Waals surface area contributed by atoms with Crippen molar-refractivity contribution < 1.29 is 19.1 Å². The molecule has 4 nitrogen and oxygen atoms in total. The van der Waals surface area contributed by atoms with Gasteiger partial charge in [0.2, 0.25) is 0 Å². The van der Waals surface area contributed by atoms with E-state index < -0.39 is 0 Å². The molecule has 0 bridgehead atoms. The minimum atomic E-state index is -0.206. The molecule has 3 saturated carbocycles. The van der Waals surface area contributed by atoms with Gasteiger partial charge in [0, 0.05) is 6.42 Å². The van der Waals surface area contributed by atoms with E-state index >= 15 is 0 Å². The SMILES string of the molecule is CCOC(=O)[C@H]1CCC2C3CC=C4C[C@@H](OC(=O)c5ccccc5)CC[C@]4(C)C3CC[C@@]21C. The minimum absolute atomic E-state index is 0.0258. The summed E-state index contributed by atoms with van der Waals surface area (Å²) in [7, 11) is 0. The van der Waals surface area contributed by atoms with E-state index in [4.69, 9.17) is 9.47 Å². The van der Waals surface area contributed by atoms with Gasteiger partial charge in [-0.15, -0.1) is 0 Å². The van der Waals surface area contributed by atoms with Gasteiger partial charge in [-0.3, -0.25) is 4.79 Å². The molecule has 1 aromatic carbocycles. The summed E-state index contributed by atoms with van der Waals surface area (Å²) >= 11 is 0. The zero-order chi connectivity index (χ0) is 23.2. The van der Waals surface area contributed by atoms with Crippen LogP contribution in [0.1, 0.15) is 82.5 Å². The molecule has 4 heteroatoms. The van der Waals surface area contributed by atoms with E-state index in [1.165, 1.54) is 12.0 Å². The zero-order valence-corrected chi connectivity index (χ0v) is 20.3. The topological polar surface area (TPSA) is 52.6 Å². The largest absolute Gasteiger partial charge is 0.466 e. The van der Waals surface area contributed by atoms with Gasteiger partial charge in [0.05, 0.1) is 18.1 Å². The predicted octanol–water partition coefficient (Wildman–Crippen LogP) is 6.35. The minimum Gasteiger partial charge on any atom is -0.466 e. The third-order valence-corrected chi connectivity index (χ3v) is 9.91. The summed E-state index contributed by atoms with van der Waals surface area (Å²) in [6.07, 6.45) is 10.9. The maximum Gasteiger partial charge on any atom is 0.338 e. The Kier molecular flexibility index (Phi) is 5.91. The number of carbonyl (C=O) groups is 2. The predicted molar refractivity (Wildman–Crippen MR) is 127 cm³/mol. The first-order valence-electron chi connectivity index (χ1n) is 13.0. The molecule has 0 spiro atoms. The van der Waals surface area contributed by atoms with E-state index in [1.807, 2.05) is 37.3 Å². The molecule has 0 aliphatic heterocycles. The molecule has 0 aromatic heterocycles. The second-order valence-electron chi connectivity index (χ2n) is 11.3. The average molecular weight is 451 g/mol. The van der Waals surface area contributed by atoms with Crippen LogP contribution in [0.5, 0.6) is 0 Å². The first-order chi connectivity index (χ1) is 15.9. The second kappa shape index (κ2) is 8.60. The van der Waals surface area contributed by atoms with E-state index in [1.54, 1.807) is 0 Å². The van der Waals surface area contributed by atoms with Crippen LogP contribution >= 0.6 is 0 Å². The van der Waals surface area contributed by atoms with Crippen molar-refractivity contribution in [3.63, 3.8) is 0 Å². The fourth-order valence-electron chi connectivity index (χ4n) is 8.15. The summed E-state index contributed by atoms with van der Waals surface area (Å²) in [5.41, 5.74) is 2.41. The Morgan fingerprint density at radius 2 is 1.79 bits per heavy atom. The van der Waals surface area contributed by atoms with Gasteiger partial charge in [0.15, 0.2) is 0 Å². The van der Waals surface area contributed by atoms with Crippen LogP contribution in [0.2, 0.25) is 0 Å². The molecular weight excluding hydrogens is 412 g/mol. The van der Waals surface area contributed by atoms with E-state index in [-0.39, 0.29) is 34.8 Å². The van der Waals surface area contributed by atoms with E-state index in [2.05, 4.69) is 19.9 Å². The fraction of sp³-hybridized carbons (Fsp3) is 0.655. The van der Waals surface area contributed by atoms with Crippen LogP contribution in [0.3, 0.4) is 0 Å². The van der Waals surface area contributed by atoms with Crippen molar-refractivity contribution in [3.05, 3.63) is 47.5 Å². The highest BCUT2D eigenvalue weighted by atomic mass is 16.5. The molecule has 0 heterocycles. The van der Waals surface area contributed by atoms with Crippen molar-refractivity contribution in [1.82, 2.24) is 0 Å². The van der Waals surface area contributed by atoms with Crippen LogP contribution < -0.4 is 0 Å². The van der Waals surface area contributed by atoms with E-state index in [9.17, 15) is 9.59 Å². The third kappa shape index (κ3) is 3.74. The number of carbonyl (C=O) groups excluding carboxylic acids is 2. The van der Waals surface area contributed by atoms with Gasteiger partial charge >= 0.3 is 11.9 Å². The lowest BCUT2D eigenvalue weighted by molar-refractivity contribution is -0.155. The van der Waals surface area contributed by atoms with Gasteiger partial charge < -0.3 is 9.47 Å². The van der Waals surface area contributed by atoms with Crippen molar-refractivity contribution in [2.75, 3.05) is 6.61 Å². The zero-order valence-electron chi connectivity index (χ0n) is 20.3. The summed E-state index contributed by atoms with van der Waals surface area (Å²) in [6.45, 7) is 7.21. The van der Waals surface area contributed by atoms with Gasteiger partial charge in [-0.2, -0.15) is 0 Å². The maximum atomic E-state index is 12.7. The lowest BCUT2D eigenvalue weighted by atomic mass is 9.47. The standard InChI is InChI=1S/C29H38O4/c1-4-32-27(31)25-13-12-23-22-11-10-20-18-21(33-26(30)19-8-6-5-7-9-19)14-16-28(20,2)24(22)15-17-29(23,25)3/h5-10,21-25H,4,11-18H2,1-3H3/t21-,22?,23?,24?,25+,28-,29-/m0/s1. The Morgan fingerprint density at radius 3 is 2.55 bits per heavy atom. The molecule has 0 N–H and O–H groups in total. The van der Waals surface area contributed by atoms with E-state index in [0.717, 1.165) is 44.9 Å². The molecule has 33 heavy (non-hydrogen) atoms. The van der Waals surface area contributed by atoms with Gasteiger partial charge in [-0.1, -0.05) is 43.7 Å².